The standard InChI is InChI=1S/C29H27ClF2O5/c1-18(33)36-26(17-19-8-15-24(31)25(16-19)37-23-6-4-3-5-7-23)29(32,28(34)35-2)27(20-9-10-20)21-11-13-22(30)14-12-21/h3-8,11-16,20,26-27H,9-10,17H2,1-2H3/t26?,27-,29?/m0/s1. The van der Waals surface area contributed by atoms with Crippen molar-refractivity contribution in [1.82, 2.24) is 0 Å². The Kier molecular flexibility index (Phi) is 8.13. The van der Waals surface area contributed by atoms with E-state index in [0.29, 0.717) is 34.7 Å². The number of para-hydroxylation sites is 1. The fourth-order valence-corrected chi connectivity index (χ4v) is 4.76. The first-order valence-corrected chi connectivity index (χ1v) is 12.3. The van der Waals surface area contributed by atoms with Gasteiger partial charge in [-0.2, -0.15) is 0 Å². The van der Waals surface area contributed by atoms with Crippen LogP contribution in [0.2, 0.25) is 5.02 Å². The van der Waals surface area contributed by atoms with Crippen LogP contribution in [0.4, 0.5) is 8.78 Å². The second kappa shape index (κ2) is 11.3. The van der Waals surface area contributed by atoms with Crippen molar-refractivity contribution in [3.8, 4) is 11.5 Å². The van der Waals surface area contributed by atoms with Gasteiger partial charge in [0.15, 0.2) is 17.7 Å². The lowest BCUT2D eigenvalue weighted by molar-refractivity contribution is -0.177. The van der Waals surface area contributed by atoms with Crippen LogP contribution in [0.5, 0.6) is 11.5 Å². The van der Waals surface area contributed by atoms with Gasteiger partial charge in [-0.15, -0.1) is 0 Å². The van der Waals surface area contributed by atoms with E-state index in [1.54, 1.807) is 54.6 Å². The molecule has 194 valence electrons. The van der Waals surface area contributed by atoms with Crippen LogP contribution in [0.15, 0.2) is 72.8 Å². The lowest BCUT2D eigenvalue weighted by atomic mass is 9.75. The lowest BCUT2D eigenvalue weighted by Crippen LogP contribution is -2.54. The first-order valence-electron chi connectivity index (χ1n) is 11.9. The second-order valence-electron chi connectivity index (χ2n) is 9.11. The molecular formula is C29H27ClF2O5. The molecule has 1 fully saturated rings. The molecule has 0 spiro atoms. The van der Waals surface area contributed by atoms with Crippen molar-refractivity contribution in [2.45, 2.75) is 43.9 Å². The zero-order valence-corrected chi connectivity index (χ0v) is 21.2. The van der Waals surface area contributed by atoms with Crippen molar-refractivity contribution in [3.05, 3.63) is 94.8 Å². The minimum atomic E-state index is -2.72. The average molecular weight is 529 g/mol. The van der Waals surface area contributed by atoms with E-state index in [4.69, 9.17) is 25.8 Å². The van der Waals surface area contributed by atoms with Gasteiger partial charge in [0.2, 0.25) is 0 Å². The van der Waals surface area contributed by atoms with Crippen LogP contribution in [0, 0.1) is 11.7 Å². The maximum atomic E-state index is 17.3. The summed E-state index contributed by atoms with van der Waals surface area (Å²) in [6.07, 6.45) is -0.357. The molecule has 1 aliphatic rings. The number of alkyl halides is 1. The molecule has 0 radical (unpaired) electrons. The number of hydrogen-bond donors (Lipinski definition) is 0. The first-order chi connectivity index (χ1) is 17.7. The summed E-state index contributed by atoms with van der Waals surface area (Å²) in [7, 11) is 1.09. The molecule has 3 aromatic rings. The molecule has 0 aliphatic heterocycles. The minimum absolute atomic E-state index is 0.0794. The molecular weight excluding hydrogens is 502 g/mol. The van der Waals surface area contributed by atoms with Gasteiger partial charge >= 0.3 is 11.9 Å². The summed E-state index contributed by atoms with van der Waals surface area (Å²) in [5.41, 5.74) is -1.76. The van der Waals surface area contributed by atoms with Gasteiger partial charge < -0.3 is 14.2 Å². The number of methoxy groups -OCH3 is 1. The minimum Gasteiger partial charge on any atom is -0.467 e. The number of esters is 2. The Labute approximate surface area is 219 Å². The number of carbonyl (C=O) groups is 2. The SMILES string of the molecule is COC(=O)C(F)(C(Cc1ccc(F)c(Oc2ccccc2)c1)OC(C)=O)[C@H](c1ccc(Cl)cc1)C1CC1. The number of benzene rings is 3. The summed E-state index contributed by atoms with van der Waals surface area (Å²) < 4.78 is 47.9. The Bertz CT molecular complexity index is 1250. The molecule has 0 bridgehead atoms. The summed E-state index contributed by atoms with van der Waals surface area (Å²) in [4.78, 5) is 25.2. The molecule has 5 nitrogen and oxygen atoms in total. The summed E-state index contributed by atoms with van der Waals surface area (Å²) in [5, 5.41) is 0.467. The van der Waals surface area contributed by atoms with Gasteiger partial charge in [-0.1, -0.05) is 48.0 Å². The fraction of sp³-hybridized carbons (Fsp3) is 0.310. The molecule has 1 saturated carbocycles. The average Bonchev–Trinajstić information content (AvgIpc) is 3.71. The van der Waals surface area contributed by atoms with Crippen LogP contribution in [0.3, 0.4) is 0 Å². The van der Waals surface area contributed by atoms with Crippen molar-refractivity contribution >= 4 is 23.5 Å². The molecule has 0 saturated heterocycles. The Morgan fingerprint density at radius 3 is 2.32 bits per heavy atom. The summed E-state index contributed by atoms with van der Waals surface area (Å²) >= 11 is 6.04. The Hall–Kier alpha value is -3.45. The number of hydrogen-bond acceptors (Lipinski definition) is 5. The number of halogens is 3. The number of rotatable bonds is 10. The van der Waals surface area contributed by atoms with E-state index in [1.807, 2.05) is 0 Å². The highest BCUT2D eigenvalue weighted by Crippen LogP contribution is 2.52. The summed E-state index contributed by atoms with van der Waals surface area (Å²) in [5.74, 6) is -3.29. The maximum absolute atomic E-state index is 17.3. The largest absolute Gasteiger partial charge is 0.467 e. The van der Waals surface area contributed by atoms with E-state index >= 15 is 4.39 Å². The molecule has 2 unspecified atom stereocenters. The normalized spacial score (nSPS) is 16.2. The highest BCUT2D eigenvalue weighted by Gasteiger charge is 2.60. The van der Waals surface area contributed by atoms with Crippen LogP contribution < -0.4 is 4.74 Å². The third kappa shape index (κ3) is 6.10. The smallest absolute Gasteiger partial charge is 0.348 e. The van der Waals surface area contributed by atoms with Gasteiger partial charge in [-0.05, 0) is 66.3 Å². The summed E-state index contributed by atoms with van der Waals surface area (Å²) in [6.45, 7) is 1.15. The van der Waals surface area contributed by atoms with E-state index < -0.39 is 35.4 Å². The molecule has 0 heterocycles. The second-order valence-corrected chi connectivity index (χ2v) is 9.54. The zero-order chi connectivity index (χ0) is 26.6. The molecule has 3 atom stereocenters. The van der Waals surface area contributed by atoms with E-state index in [-0.39, 0.29) is 18.1 Å². The van der Waals surface area contributed by atoms with Crippen molar-refractivity contribution in [3.63, 3.8) is 0 Å². The van der Waals surface area contributed by atoms with Crippen molar-refractivity contribution in [2.24, 2.45) is 5.92 Å². The highest BCUT2D eigenvalue weighted by atomic mass is 35.5. The van der Waals surface area contributed by atoms with Crippen LogP contribution in [0.1, 0.15) is 36.8 Å². The Morgan fingerprint density at radius 1 is 1.05 bits per heavy atom. The van der Waals surface area contributed by atoms with Crippen molar-refractivity contribution in [1.29, 1.82) is 0 Å². The van der Waals surface area contributed by atoms with E-state index in [2.05, 4.69) is 0 Å². The Balaban J connectivity index is 1.74. The Morgan fingerprint density at radius 2 is 1.73 bits per heavy atom. The van der Waals surface area contributed by atoms with Gasteiger partial charge in [-0.25, -0.2) is 13.6 Å². The third-order valence-electron chi connectivity index (χ3n) is 6.44. The first kappa shape index (κ1) is 26.6. The maximum Gasteiger partial charge on any atom is 0.348 e. The molecule has 0 amide bonds. The predicted molar refractivity (Wildman–Crippen MR) is 135 cm³/mol. The number of ether oxygens (including phenoxy) is 3. The molecule has 8 heteroatoms. The van der Waals surface area contributed by atoms with E-state index in [9.17, 15) is 14.0 Å². The predicted octanol–water partition coefficient (Wildman–Crippen LogP) is 6.82. The highest BCUT2D eigenvalue weighted by molar-refractivity contribution is 6.30. The molecule has 1 aliphatic carbocycles. The van der Waals surface area contributed by atoms with Gasteiger partial charge in [0.05, 0.1) is 7.11 Å². The van der Waals surface area contributed by atoms with Crippen LogP contribution in [-0.2, 0) is 25.5 Å². The topological polar surface area (TPSA) is 61.8 Å². The zero-order valence-electron chi connectivity index (χ0n) is 20.5. The van der Waals surface area contributed by atoms with Crippen molar-refractivity contribution in [2.75, 3.05) is 7.11 Å². The van der Waals surface area contributed by atoms with E-state index in [0.717, 1.165) is 14.0 Å². The van der Waals surface area contributed by atoms with Crippen LogP contribution in [0.25, 0.3) is 0 Å². The van der Waals surface area contributed by atoms with Gasteiger partial charge in [-0.3, -0.25) is 4.79 Å². The summed E-state index contributed by atoms with van der Waals surface area (Å²) in [6, 6.07) is 19.2. The van der Waals surface area contributed by atoms with E-state index in [1.165, 1.54) is 18.2 Å². The molecule has 37 heavy (non-hydrogen) atoms. The third-order valence-corrected chi connectivity index (χ3v) is 6.69. The van der Waals surface area contributed by atoms with Crippen LogP contribution >= 0.6 is 11.6 Å². The number of carbonyl (C=O) groups excluding carboxylic acids is 2. The lowest BCUT2D eigenvalue weighted by Gasteiger charge is -2.37. The molecule has 0 aromatic heterocycles. The fourth-order valence-electron chi connectivity index (χ4n) is 4.63. The quantitative estimate of drug-likeness (QED) is 0.270. The van der Waals surface area contributed by atoms with Gasteiger partial charge in [0.25, 0.3) is 5.67 Å². The van der Waals surface area contributed by atoms with Crippen molar-refractivity contribution < 1.29 is 32.6 Å². The molecule has 3 aromatic carbocycles. The monoisotopic (exact) mass is 528 g/mol. The van der Waals surface area contributed by atoms with Gasteiger partial charge in [0, 0.05) is 24.3 Å². The molecule has 4 rings (SSSR count). The molecule has 0 N–H and O–H groups in total. The van der Waals surface area contributed by atoms with Crippen LogP contribution in [-0.4, -0.2) is 30.8 Å². The van der Waals surface area contributed by atoms with Gasteiger partial charge in [0.1, 0.15) is 5.75 Å².